The first-order valence-electron chi connectivity index (χ1n) is 13.6. The van der Waals surface area contributed by atoms with Crippen LogP contribution >= 0.6 is 0 Å². The van der Waals surface area contributed by atoms with E-state index in [1.54, 1.807) is 43.6 Å². The number of nitrogens with zero attached hydrogens (tertiary/aromatic N) is 5. The molecule has 1 aromatic carbocycles. The maximum Gasteiger partial charge on any atom is 0.258 e. The van der Waals surface area contributed by atoms with Gasteiger partial charge < -0.3 is 20.3 Å². The van der Waals surface area contributed by atoms with E-state index in [2.05, 4.69) is 20.2 Å². The van der Waals surface area contributed by atoms with Gasteiger partial charge in [-0.25, -0.2) is 9.97 Å². The highest BCUT2D eigenvalue weighted by molar-refractivity contribution is 6.04. The Hall–Kier alpha value is -3.50. The van der Waals surface area contributed by atoms with Crippen LogP contribution in [0.15, 0.2) is 36.5 Å². The van der Waals surface area contributed by atoms with E-state index >= 15 is 0 Å². The van der Waals surface area contributed by atoms with Gasteiger partial charge >= 0.3 is 0 Å². The third-order valence-corrected chi connectivity index (χ3v) is 7.59. The van der Waals surface area contributed by atoms with Gasteiger partial charge in [-0.2, -0.15) is 0 Å². The monoisotopic (exact) mass is 519 g/mol. The minimum atomic E-state index is -0.312. The Bertz CT molecular complexity index is 1280. The molecule has 10 heteroatoms. The maximum atomic E-state index is 13.4. The van der Waals surface area contributed by atoms with E-state index in [4.69, 9.17) is 10.5 Å². The van der Waals surface area contributed by atoms with E-state index in [9.17, 15) is 9.59 Å². The lowest BCUT2D eigenvalue weighted by molar-refractivity contribution is 0.0589. The van der Waals surface area contributed by atoms with E-state index in [1.165, 1.54) is 32.4 Å². The SMILES string of the molecule is COCCCn1c(NC(=O)c2cccc(N)c2)nc2cc(C(=O)N3CCC(N4CCCCC4)CC3)cnc21. The molecular weight excluding hydrogens is 482 g/mol. The fraction of sp³-hybridized carbons (Fsp3) is 0.500. The van der Waals surface area contributed by atoms with Crippen LogP contribution in [-0.4, -0.2) is 82.1 Å². The standard InChI is InChI=1S/C28H37N7O3/c1-38-16-6-13-35-25-24(31-28(35)32-26(36)20-7-5-8-22(29)17-20)18-21(19-30-25)27(37)34-14-9-23(10-15-34)33-11-3-2-4-12-33/h5,7-8,17-19,23H,2-4,6,9-16,29H2,1H3,(H,31,32,36). The molecule has 38 heavy (non-hydrogen) atoms. The summed E-state index contributed by atoms with van der Waals surface area (Å²) in [6, 6.07) is 9.15. The number of carbonyl (C=O) groups excluding carboxylic acids is 2. The third kappa shape index (κ3) is 5.81. The van der Waals surface area contributed by atoms with E-state index in [-0.39, 0.29) is 11.8 Å². The number of rotatable bonds is 8. The highest BCUT2D eigenvalue weighted by Gasteiger charge is 2.28. The Morgan fingerprint density at radius 1 is 1.08 bits per heavy atom. The number of benzene rings is 1. The molecule has 3 aromatic rings. The molecule has 0 bridgehead atoms. The summed E-state index contributed by atoms with van der Waals surface area (Å²) in [4.78, 5) is 40.1. The van der Waals surface area contributed by atoms with Gasteiger partial charge in [0.1, 0.15) is 5.52 Å². The molecule has 5 rings (SSSR count). The number of ether oxygens (including phenoxy) is 1. The van der Waals surface area contributed by atoms with Crippen LogP contribution in [0.3, 0.4) is 0 Å². The summed E-state index contributed by atoms with van der Waals surface area (Å²) in [6.07, 6.45) is 8.26. The van der Waals surface area contributed by atoms with Crippen molar-refractivity contribution in [1.82, 2.24) is 24.3 Å². The molecule has 0 spiro atoms. The molecule has 0 saturated carbocycles. The van der Waals surface area contributed by atoms with Gasteiger partial charge in [-0.3, -0.25) is 19.5 Å². The average molecular weight is 520 g/mol. The summed E-state index contributed by atoms with van der Waals surface area (Å²) in [7, 11) is 1.65. The number of anilines is 2. The summed E-state index contributed by atoms with van der Waals surface area (Å²) in [5, 5.41) is 2.89. The van der Waals surface area contributed by atoms with Gasteiger partial charge in [0.25, 0.3) is 11.8 Å². The molecule has 2 saturated heterocycles. The lowest BCUT2D eigenvalue weighted by atomic mass is 9.99. The van der Waals surface area contributed by atoms with Crippen LogP contribution in [0.25, 0.3) is 11.2 Å². The number of methoxy groups -OCH3 is 1. The summed E-state index contributed by atoms with van der Waals surface area (Å²) in [6.45, 7) is 5.00. The number of nitrogens with one attached hydrogen (secondary N) is 1. The van der Waals surface area contributed by atoms with Gasteiger partial charge in [-0.1, -0.05) is 12.5 Å². The van der Waals surface area contributed by atoms with Crippen LogP contribution in [0.1, 0.15) is 59.2 Å². The number of imidazole rings is 1. The first kappa shape index (κ1) is 26.1. The minimum absolute atomic E-state index is 0.0178. The van der Waals surface area contributed by atoms with Crippen LogP contribution in [0.4, 0.5) is 11.6 Å². The molecule has 0 radical (unpaired) electrons. The van der Waals surface area contributed by atoms with Crippen molar-refractivity contribution in [3.8, 4) is 0 Å². The van der Waals surface area contributed by atoms with E-state index in [1.807, 2.05) is 9.47 Å². The van der Waals surface area contributed by atoms with Crippen molar-refractivity contribution >= 4 is 34.6 Å². The number of pyridine rings is 1. The van der Waals surface area contributed by atoms with Crippen molar-refractivity contribution in [2.24, 2.45) is 0 Å². The number of fused-ring (bicyclic) bond motifs is 1. The molecule has 2 amide bonds. The normalized spacial score (nSPS) is 17.1. The molecule has 202 valence electrons. The first-order valence-corrected chi connectivity index (χ1v) is 13.6. The van der Waals surface area contributed by atoms with Gasteiger partial charge in [0.05, 0.1) is 5.56 Å². The van der Waals surface area contributed by atoms with Crippen LogP contribution in [-0.2, 0) is 11.3 Å². The Kier molecular flexibility index (Phi) is 8.19. The van der Waals surface area contributed by atoms with Gasteiger partial charge in [0, 0.05) is 56.8 Å². The van der Waals surface area contributed by atoms with Crippen LogP contribution in [0, 0.1) is 0 Å². The predicted octanol–water partition coefficient (Wildman–Crippen LogP) is 3.39. The van der Waals surface area contributed by atoms with Gasteiger partial charge in [0.15, 0.2) is 5.65 Å². The molecule has 10 nitrogen and oxygen atoms in total. The second-order valence-corrected chi connectivity index (χ2v) is 10.2. The van der Waals surface area contributed by atoms with E-state index in [0.29, 0.717) is 53.1 Å². The number of hydrogen-bond donors (Lipinski definition) is 2. The molecule has 2 aromatic heterocycles. The fourth-order valence-corrected chi connectivity index (χ4v) is 5.56. The Labute approximate surface area is 223 Å². The number of amides is 2. The zero-order valence-electron chi connectivity index (χ0n) is 22.1. The van der Waals surface area contributed by atoms with Crippen molar-refractivity contribution in [1.29, 1.82) is 0 Å². The smallest absolute Gasteiger partial charge is 0.258 e. The summed E-state index contributed by atoms with van der Waals surface area (Å²) in [5.74, 6) is 0.0484. The Balaban J connectivity index is 1.33. The van der Waals surface area contributed by atoms with E-state index < -0.39 is 0 Å². The fourth-order valence-electron chi connectivity index (χ4n) is 5.56. The largest absolute Gasteiger partial charge is 0.399 e. The topological polar surface area (TPSA) is 119 Å². The van der Waals surface area contributed by atoms with Crippen molar-refractivity contribution in [3.05, 3.63) is 47.7 Å². The lowest BCUT2D eigenvalue weighted by Gasteiger charge is -2.40. The van der Waals surface area contributed by atoms with Crippen molar-refractivity contribution in [2.75, 3.05) is 50.9 Å². The van der Waals surface area contributed by atoms with Gasteiger partial charge in [0.2, 0.25) is 5.95 Å². The van der Waals surface area contributed by atoms with Crippen molar-refractivity contribution in [3.63, 3.8) is 0 Å². The number of nitrogens with two attached hydrogens (primary N) is 1. The van der Waals surface area contributed by atoms with Crippen LogP contribution in [0.2, 0.25) is 0 Å². The predicted molar refractivity (Wildman–Crippen MR) is 147 cm³/mol. The molecule has 2 aliphatic heterocycles. The van der Waals surface area contributed by atoms with Crippen molar-refractivity contribution in [2.45, 2.75) is 51.1 Å². The number of hydrogen-bond acceptors (Lipinski definition) is 7. The zero-order chi connectivity index (χ0) is 26.5. The molecule has 0 unspecified atom stereocenters. The molecular formula is C28H37N7O3. The first-order chi connectivity index (χ1) is 18.5. The highest BCUT2D eigenvalue weighted by Crippen LogP contribution is 2.24. The number of carbonyl (C=O) groups is 2. The third-order valence-electron chi connectivity index (χ3n) is 7.59. The van der Waals surface area contributed by atoms with Gasteiger partial charge in [-0.15, -0.1) is 0 Å². The summed E-state index contributed by atoms with van der Waals surface area (Å²) in [5.41, 5.74) is 8.50. The second-order valence-electron chi connectivity index (χ2n) is 10.2. The molecule has 3 N–H and O–H groups in total. The number of nitrogen functional groups attached to an aromatic ring is 1. The van der Waals surface area contributed by atoms with E-state index in [0.717, 1.165) is 32.4 Å². The number of aryl methyl sites for hydroxylation is 1. The molecule has 2 aliphatic rings. The Morgan fingerprint density at radius 2 is 1.87 bits per heavy atom. The Morgan fingerprint density at radius 3 is 2.61 bits per heavy atom. The molecule has 4 heterocycles. The number of aromatic nitrogens is 3. The van der Waals surface area contributed by atoms with Crippen molar-refractivity contribution < 1.29 is 14.3 Å². The minimum Gasteiger partial charge on any atom is -0.399 e. The molecule has 0 aliphatic carbocycles. The zero-order valence-corrected chi connectivity index (χ0v) is 22.1. The summed E-state index contributed by atoms with van der Waals surface area (Å²) >= 11 is 0. The quantitative estimate of drug-likeness (QED) is 0.346. The molecule has 2 fully saturated rings. The second kappa shape index (κ2) is 11.9. The molecule has 0 atom stereocenters. The van der Waals surface area contributed by atoms with Crippen LogP contribution < -0.4 is 11.1 Å². The van der Waals surface area contributed by atoms with Crippen LogP contribution in [0.5, 0.6) is 0 Å². The maximum absolute atomic E-state index is 13.4. The average Bonchev–Trinajstić information content (AvgIpc) is 3.29. The number of likely N-dealkylation sites (tertiary alicyclic amines) is 2. The summed E-state index contributed by atoms with van der Waals surface area (Å²) < 4.78 is 7.07. The lowest BCUT2D eigenvalue weighted by Crippen LogP contribution is -2.48. The van der Waals surface area contributed by atoms with Gasteiger partial charge in [-0.05, 0) is 69.5 Å². The number of piperidine rings is 2. The highest BCUT2D eigenvalue weighted by atomic mass is 16.5.